The summed E-state index contributed by atoms with van der Waals surface area (Å²) in [6, 6.07) is 0. The topological polar surface area (TPSA) is 78.9 Å². The summed E-state index contributed by atoms with van der Waals surface area (Å²) in [5, 5.41) is 0. The number of carbonyl (C=O) groups excluding carboxylic acids is 3. The van der Waals surface area contributed by atoms with Gasteiger partial charge < -0.3 is 14.2 Å². The number of hydrogen-bond acceptors (Lipinski definition) is 6. The van der Waals surface area contributed by atoms with Crippen molar-refractivity contribution in [2.75, 3.05) is 13.2 Å². The van der Waals surface area contributed by atoms with Gasteiger partial charge in [0.15, 0.2) is 6.10 Å². The van der Waals surface area contributed by atoms with Crippen LogP contribution in [0.1, 0.15) is 305 Å². The molecule has 0 saturated carbocycles. The van der Waals surface area contributed by atoms with Gasteiger partial charge in [0.1, 0.15) is 13.2 Å². The van der Waals surface area contributed by atoms with Crippen LogP contribution < -0.4 is 0 Å². The molecule has 0 amide bonds. The molecule has 0 radical (unpaired) electrons. The van der Waals surface area contributed by atoms with Crippen LogP contribution in [-0.2, 0) is 28.6 Å². The van der Waals surface area contributed by atoms with Crippen LogP contribution in [0.15, 0.2) is 0 Å². The molecule has 0 aliphatic rings. The second-order valence-electron chi connectivity index (χ2n) is 20.6. The molecule has 0 rings (SSSR count). The summed E-state index contributed by atoms with van der Waals surface area (Å²) < 4.78 is 16.8. The van der Waals surface area contributed by atoms with Gasteiger partial charge in [-0.1, -0.05) is 266 Å². The maximum atomic E-state index is 12.8. The lowest BCUT2D eigenvalue weighted by atomic mass is 10.0. The van der Waals surface area contributed by atoms with Crippen LogP contribution in [-0.4, -0.2) is 37.2 Å². The normalized spacial score (nSPS) is 12.1. The zero-order chi connectivity index (χ0) is 45.6. The zero-order valence-corrected chi connectivity index (χ0v) is 42.7. The van der Waals surface area contributed by atoms with Crippen LogP contribution in [0.25, 0.3) is 0 Å². The predicted molar refractivity (Wildman–Crippen MR) is 266 cm³/mol. The highest BCUT2D eigenvalue weighted by Gasteiger charge is 2.19. The Labute approximate surface area is 387 Å². The molecule has 0 aromatic carbocycles. The molecule has 6 heteroatoms. The molecule has 0 fully saturated rings. The lowest BCUT2D eigenvalue weighted by Gasteiger charge is -2.18. The Morgan fingerprint density at radius 2 is 0.468 bits per heavy atom. The molecule has 6 nitrogen and oxygen atoms in total. The second kappa shape index (κ2) is 47.4. The zero-order valence-electron chi connectivity index (χ0n) is 42.7. The van der Waals surface area contributed by atoms with Gasteiger partial charge in [-0.2, -0.15) is 0 Å². The molecule has 0 heterocycles. The number of ether oxygens (including phenoxy) is 3. The van der Waals surface area contributed by atoms with E-state index in [0.717, 1.165) is 75.5 Å². The standard InChI is InChI=1S/C56H108O6/c1-50(2)42-36-30-24-19-15-11-7-9-13-17-21-27-33-39-45-54(57)60-48-53(49-61-55(58)46-40-34-29-23-26-32-38-44-52(5)6)62-56(59)47-41-35-28-22-18-14-10-8-12-16-20-25-31-37-43-51(3)4/h50-53H,7-49H2,1-6H3/t53-/m1/s1. The van der Waals surface area contributed by atoms with Crippen molar-refractivity contribution in [2.24, 2.45) is 17.8 Å². The van der Waals surface area contributed by atoms with Crippen LogP contribution in [0.2, 0.25) is 0 Å². The number of esters is 3. The Morgan fingerprint density at radius 3 is 0.694 bits per heavy atom. The van der Waals surface area contributed by atoms with E-state index < -0.39 is 6.10 Å². The van der Waals surface area contributed by atoms with Gasteiger partial charge in [0.05, 0.1) is 0 Å². The summed E-state index contributed by atoms with van der Waals surface area (Å²) in [4.78, 5) is 38.0. The van der Waals surface area contributed by atoms with Crippen molar-refractivity contribution in [3.05, 3.63) is 0 Å². The molecule has 0 aliphatic heterocycles. The fraction of sp³-hybridized carbons (Fsp3) is 0.946. The van der Waals surface area contributed by atoms with E-state index in [9.17, 15) is 14.4 Å². The van der Waals surface area contributed by atoms with E-state index in [2.05, 4.69) is 41.5 Å². The van der Waals surface area contributed by atoms with Crippen molar-refractivity contribution in [1.29, 1.82) is 0 Å². The summed E-state index contributed by atoms with van der Waals surface area (Å²) in [6.45, 7) is 13.7. The van der Waals surface area contributed by atoms with Gasteiger partial charge in [-0.3, -0.25) is 14.4 Å². The second-order valence-corrected chi connectivity index (χ2v) is 20.6. The molecule has 0 aliphatic carbocycles. The largest absolute Gasteiger partial charge is 0.462 e. The number of carbonyl (C=O) groups is 3. The summed E-state index contributed by atoms with van der Waals surface area (Å²) in [6.07, 6.45) is 48.2. The fourth-order valence-corrected chi connectivity index (χ4v) is 8.47. The third-order valence-corrected chi connectivity index (χ3v) is 12.6. The fourth-order valence-electron chi connectivity index (χ4n) is 8.47. The van der Waals surface area contributed by atoms with E-state index in [-0.39, 0.29) is 31.1 Å². The van der Waals surface area contributed by atoms with Gasteiger partial charge in [-0.05, 0) is 37.0 Å². The molecule has 0 aromatic heterocycles. The molecule has 62 heavy (non-hydrogen) atoms. The van der Waals surface area contributed by atoms with Crippen molar-refractivity contribution >= 4 is 17.9 Å². The minimum absolute atomic E-state index is 0.0644. The summed E-state index contributed by atoms with van der Waals surface area (Å²) >= 11 is 0. The molecule has 0 aromatic rings. The monoisotopic (exact) mass is 877 g/mol. The molecule has 0 N–H and O–H groups in total. The number of hydrogen-bond donors (Lipinski definition) is 0. The summed E-state index contributed by atoms with van der Waals surface area (Å²) in [5.41, 5.74) is 0. The third-order valence-electron chi connectivity index (χ3n) is 12.6. The first-order valence-corrected chi connectivity index (χ1v) is 27.6. The first kappa shape index (κ1) is 60.4. The molecule has 0 spiro atoms. The predicted octanol–water partition coefficient (Wildman–Crippen LogP) is 17.9. The molecule has 368 valence electrons. The van der Waals surface area contributed by atoms with Crippen molar-refractivity contribution in [3.63, 3.8) is 0 Å². The van der Waals surface area contributed by atoms with Crippen molar-refractivity contribution in [2.45, 2.75) is 311 Å². The Balaban J connectivity index is 4.26. The van der Waals surface area contributed by atoms with E-state index in [0.29, 0.717) is 19.3 Å². The average molecular weight is 877 g/mol. The van der Waals surface area contributed by atoms with Crippen LogP contribution in [0.3, 0.4) is 0 Å². The molecular formula is C56H108O6. The van der Waals surface area contributed by atoms with Gasteiger partial charge in [0.2, 0.25) is 0 Å². The molecule has 0 bridgehead atoms. The van der Waals surface area contributed by atoms with E-state index in [4.69, 9.17) is 14.2 Å². The molecule has 0 unspecified atom stereocenters. The highest BCUT2D eigenvalue weighted by Crippen LogP contribution is 2.18. The maximum absolute atomic E-state index is 12.8. The van der Waals surface area contributed by atoms with Crippen molar-refractivity contribution < 1.29 is 28.6 Å². The van der Waals surface area contributed by atoms with Crippen LogP contribution in [0, 0.1) is 17.8 Å². The smallest absolute Gasteiger partial charge is 0.306 e. The van der Waals surface area contributed by atoms with Gasteiger partial charge in [0, 0.05) is 19.3 Å². The maximum Gasteiger partial charge on any atom is 0.306 e. The highest BCUT2D eigenvalue weighted by atomic mass is 16.6. The minimum Gasteiger partial charge on any atom is -0.462 e. The Bertz CT molecular complexity index is 960. The molecular weight excluding hydrogens is 769 g/mol. The van der Waals surface area contributed by atoms with E-state index >= 15 is 0 Å². The lowest BCUT2D eigenvalue weighted by molar-refractivity contribution is -0.167. The van der Waals surface area contributed by atoms with E-state index in [1.54, 1.807) is 0 Å². The first-order chi connectivity index (χ1) is 30.1. The summed E-state index contributed by atoms with van der Waals surface area (Å²) in [5.74, 6) is 1.62. The van der Waals surface area contributed by atoms with Crippen LogP contribution in [0.4, 0.5) is 0 Å². The quantitative estimate of drug-likeness (QED) is 0.0344. The SMILES string of the molecule is CC(C)CCCCCCCCCCCCCCCCC(=O)OC[C@H](COC(=O)CCCCCCCCCC(C)C)OC(=O)CCCCCCCCCCCCCCCCC(C)C. The third kappa shape index (κ3) is 49.4. The Morgan fingerprint density at radius 1 is 0.274 bits per heavy atom. The van der Waals surface area contributed by atoms with Crippen LogP contribution >= 0.6 is 0 Å². The Kier molecular flexibility index (Phi) is 46.2. The van der Waals surface area contributed by atoms with Gasteiger partial charge in [-0.25, -0.2) is 0 Å². The van der Waals surface area contributed by atoms with Crippen molar-refractivity contribution in [1.82, 2.24) is 0 Å². The van der Waals surface area contributed by atoms with Crippen molar-refractivity contribution in [3.8, 4) is 0 Å². The van der Waals surface area contributed by atoms with Gasteiger partial charge in [-0.15, -0.1) is 0 Å². The highest BCUT2D eigenvalue weighted by molar-refractivity contribution is 5.71. The van der Waals surface area contributed by atoms with E-state index in [1.165, 1.54) is 186 Å². The first-order valence-electron chi connectivity index (χ1n) is 27.6. The van der Waals surface area contributed by atoms with Crippen LogP contribution in [0.5, 0.6) is 0 Å². The summed E-state index contributed by atoms with van der Waals surface area (Å²) in [7, 11) is 0. The van der Waals surface area contributed by atoms with E-state index in [1.807, 2.05) is 0 Å². The number of unbranched alkanes of at least 4 members (excludes halogenated alkanes) is 32. The molecule has 1 atom stereocenters. The lowest BCUT2D eigenvalue weighted by Crippen LogP contribution is -2.30. The Hall–Kier alpha value is -1.59. The van der Waals surface area contributed by atoms with Gasteiger partial charge in [0.25, 0.3) is 0 Å². The minimum atomic E-state index is -0.763. The van der Waals surface area contributed by atoms with Gasteiger partial charge >= 0.3 is 17.9 Å². The molecule has 0 saturated heterocycles. The average Bonchev–Trinajstić information content (AvgIpc) is 3.23. The number of rotatable bonds is 49.